The van der Waals surface area contributed by atoms with Gasteiger partial charge < -0.3 is 15.4 Å². The first-order chi connectivity index (χ1) is 9.45. The number of rotatable bonds is 7. The third-order valence-electron chi connectivity index (χ3n) is 3.55. The fraction of sp³-hybridized carbons (Fsp3) is 0.562. The maximum absolute atomic E-state index is 11.6. The summed E-state index contributed by atoms with van der Waals surface area (Å²) in [5.41, 5.74) is 5.09. The molecule has 1 rings (SSSR count). The van der Waals surface area contributed by atoms with E-state index in [4.69, 9.17) is 4.74 Å². The first-order valence-electron chi connectivity index (χ1n) is 7.02. The van der Waals surface area contributed by atoms with Crippen LogP contribution in [0.3, 0.4) is 0 Å². The lowest BCUT2D eigenvalue weighted by atomic mass is 9.96. The van der Waals surface area contributed by atoms with Crippen LogP contribution in [0, 0.1) is 20.8 Å². The molecule has 0 heterocycles. The van der Waals surface area contributed by atoms with Crippen LogP contribution in [-0.4, -0.2) is 32.7 Å². The van der Waals surface area contributed by atoms with Crippen molar-refractivity contribution in [2.24, 2.45) is 0 Å². The number of nitrogens with one attached hydrogen (secondary N) is 2. The summed E-state index contributed by atoms with van der Waals surface area (Å²) >= 11 is 0. The maximum Gasteiger partial charge on any atom is 0.234 e. The van der Waals surface area contributed by atoms with Crippen molar-refractivity contribution < 1.29 is 9.53 Å². The van der Waals surface area contributed by atoms with E-state index in [0.717, 1.165) is 0 Å². The third-order valence-corrected chi connectivity index (χ3v) is 3.55. The van der Waals surface area contributed by atoms with Gasteiger partial charge in [-0.25, -0.2) is 0 Å². The molecular formula is C16H26N2O2. The highest BCUT2D eigenvalue weighted by Crippen LogP contribution is 2.21. The highest BCUT2D eigenvalue weighted by Gasteiger charge is 2.11. The summed E-state index contributed by atoms with van der Waals surface area (Å²) in [4.78, 5) is 11.6. The Bertz CT molecular complexity index is 458. The molecule has 1 atom stereocenters. The number of carbonyl (C=O) groups excluding carboxylic acids is 1. The number of methoxy groups -OCH3 is 1. The van der Waals surface area contributed by atoms with Gasteiger partial charge in [0.2, 0.25) is 5.91 Å². The van der Waals surface area contributed by atoms with Gasteiger partial charge in [-0.15, -0.1) is 0 Å². The van der Waals surface area contributed by atoms with Gasteiger partial charge in [-0.3, -0.25) is 4.79 Å². The monoisotopic (exact) mass is 278 g/mol. The first kappa shape index (κ1) is 16.7. The third kappa shape index (κ3) is 4.94. The zero-order valence-electron chi connectivity index (χ0n) is 13.2. The van der Waals surface area contributed by atoms with Crippen molar-refractivity contribution >= 4 is 5.91 Å². The molecule has 0 aliphatic rings. The SMILES string of the molecule is COCCNC(=O)CNC(C)c1cc(C)c(C)cc1C. The van der Waals surface area contributed by atoms with Crippen LogP contribution in [-0.2, 0) is 9.53 Å². The molecule has 20 heavy (non-hydrogen) atoms. The van der Waals surface area contributed by atoms with Crippen LogP contribution in [0.1, 0.15) is 35.2 Å². The Morgan fingerprint density at radius 2 is 1.85 bits per heavy atom. The van der Waals surface area contributed by atoms with Crippen LogP contribution >= 0.6 is 0 Å². The topological polar surface area (TPSA) is 50.4 Å². The summed E-state index contributed by atoms with van der Waals surface area (Å²) in [6, 6.07) is 4.55. The predicted octanol–water partition coefficient (Wildman–Crippen LogP) is 2.03. The van der Waals surface area contributed by atoms with Gasteiger partial charge in [0, 0.05) is 19.7 Å². The number of carbonyl (C=O) groups is 1. The Hall–Kier alpha value is -1.39. The van der Waals surface area contributed by atoms with Crippen LogP contribution in [0.25, 0.3) is 0 Å². The molecule has 1 aromatic carbocycles. The number of ether oxygens (including phenoxy) is 1. The molecule has 1 amide bonds. The molecule has 4 nitrogen and oxygen atoms in total. The molecule has 0 saturated heterocycles. The molecule has 0 aliphatic heterocycles. The van der Waals surface area contributed by atoms with Crippen molar-refractivity contribution in [1.82, 2.24) is 10.6 Å². The minimum Gasteiger partial charge on any atom is -0.383 e. The van der Waals surface area contributed by atoms with Gasteiger partial charge in [0.1, 0.15) is 0 Å². The van der Waals surface area contributed by atoms with Gasteiger partial charge in [0.25, 0.3) is 0 Å². The Balaban J connectivity index is 2.52. The van der Waals surface area contributed by atoms with E-state index < -0.39 is 0 Å². The number of hydrogen-bond acceptors (Lipinski definition) is 3. The van der Waals surface area contributed by atoms with Crippen LogP contribution in [0.4, 0.5) is 0 Å². The summed E-state index contributed by atoms with van der Waals surface area (Å²) in [7, 11) is 1.62. The molecule has 0 fully saturated rings. The van der Waals surface area contributed by atoms with Crippen molar-refractivity contribution in [3.63, 3.8) is 0 Å². The summed E-state index contributed by atoms with van der Waals surface area (Å²) in [5.74, 6) is -0.00427. The molecule has 1 unspecified atom stereocenters. The molecule has 0 aromatic heterocycles. The zero-order chi connectivity index (χ0) is 15.1. The molecular weight excluding hydrogens is 252 g/mol. The van der Waals surface area contributed by atoms with Crippen molar-refractivity contribution in [2.75, 3.05) is 26.8 Å². The van der Waals surface area contributed by atoms with Crippen LogP contribution in [0.15, 0.2) is 12.1 Å². The fourth-order valence-electron chi connectivity index (χ4n) is 2.16. The lowest BCUT2D eigenvalue weighted by Crippen LogP contribution is -2.36. The molecule has 0 spiro atoms. The van der Waals surface area contributed by atoms with Crippen molar-refractivity contribution in [2.45, 2.75) is 33.7 Å². The van der Waals surface area contributed by atoms with Gasteiger partial charge in [0.15, 0.2) is 0 Å². The summed E-state index contributed by atoms with van der Waals surface area (Å²) in [5, 5.41) is 6.06. The van der Waals surface area contributed by atoms with E-state index in [1.807, 2.05) is 0 Å². The van der Waals surface area contributed by atoms with Crippen LogP contribution in [0.2, 0.25) is 0 Å². The summed E-state index contributed by atoms with van der Waals surface area (Å²) < 4.78 is 4.89. The normalized spacial score (nSPS) is 12.2. The highest BCUT2D eigenvalue weighted by atomic mass is 16.5. The molecule has 1 aromatic rings. The molecule has 112 valence electrons. The number of amides is 1. The Labute approximate surface area is 121 Å². The Morgan fingerprint density at radius 1 is 1.20 bits per heavy atom. The second-order valence-electron chi connectivity index (χ2n) is 5.24. The molecule has 0 saturated carbocycles. The number of aryl methyl sites for hydroxylation is 3. The molecule has 4 heteroatoms. The Morgan fingerprint density at radius 3 is 2.50 bits per heavy atom. The second kappa shape index (κ2) is 8.02. The zero-order valence-corrected chi connectivity index (χ0v) is 13.2. The van der Waals surface area contributed by atoms with Crippen molar-refractivity contribution in [3.8, 4) is 0 Å². The lowest BCUT2D eigenvalue weighted by Gasteiger charge is -2.18. The largest absolute Gasteiger partial charge is 0.383 e. The minimum atomic E-state index is -0.00427. The highest BCUT2D eigenvalue weighted by molar-refractivity contribution is 5.78. The molecule has 0 radical (unpaired) electrons. The lowest BCUT2D eigenvalue weighted by molar-refractivity contribution is -0.120. The van der Waals surface area contributed by atoms with E-state index >= 15 is 0 Å². The van der Waals surface area contributed by atoms with Crippen LogP contribution in [0.5, 0.6) is 0 Å². The van der Waals surface area contributed by atoms with E-state index in [2.05, 4.69) is 50.5 Å². The molecule has 0 aliphatic carbocycles. The van der Waals surface area contributed by atoms with E-state index in [0.29, 0.717) is 19.7 Å². The Kier molecular flexibility index (Phi) is 6.68. The quantitative estimate of drug-likeness (QED) is 0.750. The summed E-state index contributed by atoms with van der Waals surface area (Å²) in [6.45, 7) is 9.83. The van der Waals surface area contributed by atoms with E-state index in [1.165, 1.54) is 22.3 Å². The number of hydrogen-bond donors (Lipinski definition) is 2. The molecule has 0 bridgehead atoms. The smallest absolute Gasteiger partial charge is 0.234 e. The minimum absolute atomic E-state index is 0.00427. The fourth-order valence-corrected chi connectivity index (χ4v) is 2.16. The van der Waals surface area contributed by atoms with Gasteiger partial charge in [-0.1, -0.05) is 12.1 Å². The second-order valence-corrected chi connectivity index (χ2v) is 5.24. The summed E-state index contributed by atoms with van der Waals surface area (Å²) in [6.07, 6.45) is 0. The van der Waals surface area contributed by atoms with Crippen molar-refractivity contribution in [3.05, 3.63) is 34.4 Å². The van der Waals surface area contributed by atoms with Crippen molar-refractivity contribution in [1.29, 1.82) is 0 Å². The average Bonchev–Trinajstić information content (AvgIpc) is 2.40. The van der Waals surface area contributed by atoms with Gasteiger partial charge in [0.05, 0.1) is 13.2 Å². The number of benzene rings is 1. The standard InChI is InChI=1S/C16H26N2O2/c1-11-8-13(3)15(9-12(11)2)14(4)18-10-16(19)17-6-7-20-5/h8-9,14,18H,6-7,10H2,1-5H3,(H,17,19). The van der Waals surface area contributed by atoms with E-state index in [9.17, 15) is 4.79 Å². The van der Waals surface area contributed by atoms with Gasteiger partial charge in [-0.2, -0.15) is 0 Å². The first-order valence-corrected chi connectivity index (χ1v) is 7.02. The van der Waals surface area contributed by atoms with E-state index in [1.54, 1.807) is 7.11 Å². The molecule has 2 N–H and O–H groups in total. The van der Waals surface area contributed by atoms with Gasteiger partial charge in [-0.05, 0) is 49.9 Å². The maximum atomic E-state index is 11.6. The average molecular weight is 278 g/mol. The van der Waals surface area contributed by atoms with Crippen LogP contribution < -0.4 is 10.6 Å². The van der Waals surface area contributed by atoms with Gasteiger partial charge >= 0.3 is 0 Å². The predicted molar refractivity (Wildman–Crippen MR) is 82.0 cm³/mol. The van der Waals surface area contributed by atoms with E-state index in [-0.39, 0.29) is 11.9 Å².